The molecule has 0 spiro atoms. The van der Waals surface area contributed by atoms with Gasteiger partial charge in [0.15, 0.2) is 5.78 Å². The van der Waals surface area contributed by atoms with E-state index in [1.165, 1.54) is 11.8 Å². The van der Waals surface area contributed by atoms with Crippen LogP contribution in [0.1, 0.15) is 6.92 Å². The van der Waals surface area contributed by atoms with Gasteiger partial charge in [-0.25, -0.2) is 0 Å². The van der Waals surface area contributed by atoms with Gasteiger partial charge < -0.3 is 9.47 Å². The molecule has 1 atom stereocenters. The van der Waals surface area contributed by atoms with Crippen molar-refractivity contribution in [3.05, 3.63) is 48.8 Å². The summed E-state index contributed by atoms with van der Waals surface area (Å²) in [6.07, 6.45) is 5.50. The first kappa shape index (κ1) is 17.5. The van der Waals surface area contributed by atoms with E-state index in [1.807, 2.05) is 55.8 Å². The lowest BCUT2D eigenvalue weighted by Crippen LogP contribution is -2.20. The summed E-state index contributed by atoms with van der Waals surface area (Å²) in [6.45, 7) is 2.85. The number of carbonyl (C=O) groups excluding carboxylic acids is 1. The molecule has 0 amide bonds. The Morgan fingerprint density at radius 3 is 2.61 bits per heavy atom. The number of hydrogen-bond donors (Lipinski definition) is 0. The molecule has 0 saturated heterocycles. The molecular formula is C18H21NO3S. The van der Waals surface area contributed by atoms with Crippen molar-refractivity contribution in [1.82, 2.24) is 4.98 Å². The van der Waals surface area contributed by atoms with Crippen molar-refractivity contribution < 1.29 is 14.3 Å². The van der Waals surface area contributed by atoms with Gasteiger partial charge in [-0.05, 0) is 42.5 Å². The van der Waals surface area contributed by atoms with Crippen molar-refractivity contribution in [3.63, 3.8) is 0 Å². The van der Waals surface area contributed by atoms with Gasteiger partial charge in [-0.1, -0.05) is 18.2 Å². The van der Waals surface area contributed by atoms with E-state index in [2.05, 4.69) is 4.98 Å². The molecule has 0 saturated carbocycles. The third kappa shape index (κ3) is 5.69. The monoisotopic (exact) mass is 331 g/mol. The van der Waals surface area contributed by atoms with Gasteiger partial charge in [0.2, 0.25) is 0 Å². The second kappa shape index (κ2) is 9.33. The number of benzene rings is 1. The molecule has 23 heavy (non-hydrogen) atoms. The summed E-state index contributed by atoms with van der Waals surface area (Å²) in [5, 5.41) is -0.0176. The predicted molar refractivity (Wildman–Crippen MR) is 94.0 cm³/mol. The fraction of sp³-hybridized carbons (Fsp3) is 0.333. The standard InChI is InChI=1S/C18H21NO3S/c1-14(23-2)18(20)13-21-10-11-22-17-7-5-15(6-8-17)16-4-3-9-19-12-16/h3-9,12,14H,10-11,13H2,1-2H3. The normalized spacial score (nSPS) is 11.9. The molecule has 122 valence electrons. The lowest BCUT2D eigenvalue weighted by molar-refractivity contribution is -0.123. The highest BCUT2D eigenvalue weighted by Gasteiger charge is 2.10. The summed E-state index contributed by atoms with van der Waals surface area (Å²) in [6, 6.07) is 11.8. The molecule has 1 aromatic heterocycles. The van der Waals surface area contributed by atoms with Crippen LogP contribution in [-0.2, 0) is 9.53 Å². The van der Waals surface area contributed by atoms with Crippen LogP contribution in [0.4, 0.5) is 0 Å². The highest BCUT2D eigenvalue weighted by atomic mass is 32.2. The molecule has 2 aromatic rings. The maximum atomic E-state index is 11.6. The second-order valence-electron chi connectivity index (χ2n) is 5.01. The lowest BCUT2D eigenvalue weighted by atomic mass is 10.1. The molecule has 1 heterocycles. The number of nitrogens with zero attached hydrogens (tertiary/aromatic N) is 1. The van der Waals surface area contributed by atoms with Crippen molar-refractivity contribution >= 4 is 17.5 Å². The van der Waals surface area contributed by atoms with E-state index in [1.54, 1.807) is 6.20 Å². The predicted octanol–water partition coefficient (Wildman–Crippen LogP) is 3.46. The van der Waals surface area contributed by atoms with Crippen LogP contribution >= 0.6 is 11.8 Å². The molecule has 1 aromatic carbocycles. The molecule has 0 aliphatic heterocycles. The summed E-state index contributed by atoms with van der Waals surface area (Å²) in [7, 11) is 0. The van der Waals surface area contributed by atoms with Crippen LogP contribution in [0.25, 0.3) is 11.1 Å². The fourth-order valence-corrected chi connectivity index (χ4v) is 2.25. The van der Waals surface area contributed by atoms with E-state index < -0.39 is 0 Å². The Balaban J connectivity index is 1.72. The quantitative estimate of drug-likeness (QED) is 0.659. The zero-order valence-corrected chi connectivity index (χ0v) is 14.2. The summed E-state index contributed by atoms with van der Waals surface area (Å²) < 4.78 is 10.9. The highest BCUT2D eigenvalue weighted by Crippen LogP contribution is 2.21. The van der Waals surface area contributed by atoms with E-state index in [9.17, 15) is 4.79 Å². The van der Waals surface area contributed by atoms with Gasteiger partial charge in [0, 0.05) is 12.4 Å². The molecule has 0 fully saturated rings. The molecule has 5 heteroatoms. The SMILES string of the molecule is CSC(C)C(=O)COCCOc1ccc(-c2cccnc2)cc1. The van der Waals surface area contributed by atoms with Crippen molar-refractivity contribution in [3.8, 4) is 16.9 Å². The fourth-order valence-electron chi connectivity index (χ4n) is 1.92. The van der Waals surface area contributed by atoms with Gasteiger partial charge in [-0.2, -0.15) is 11.8 Å². The van der Waals surface area contributed by atoms with Gasteiger partial charge in [0.25, 0.3) is 0 Å². The molecule has 0 N–H and O–H groups in total. The number of thioether (sulfide) groups is 1. The van der Waals surface area contributed by atoms with Crippen molar-refractivity contribution in [2.24, 2.45) is 0 Å². The first-order valence-electron chi connectivity index (χ1n) is 7.47. The summed E-state index contributed by atoms with van der Waals surface area (Å²) in [4.78, 5) is 15.7. The number of rotatable bonds is 9. The van der Waals surface area contributed by atoms with E-state index in [0.29, 0.717) is 13.2 Å². The van der Waals surface area contributed by atoms with Gasteiger partial charge in [0.05, 0.1) is 11.9 Å². The largest absolute Gasteiger partial charge is 0.491 e. The Kier molecular flexibility index (Phi) is 7.10. The third-order valence-corrected chi connectivity index (χ3v) is 4.37. The van der Waals surface area contributed by atoms with Crippen LogP contribution in [-0.4, -0.2) is 42.1 Å². The van der Waals surface area contributed by atoms with Crippen LogP contribution in [0.2, 0.25) is 0 Å². The zero-order valence-electron chi connectivity index (χ0n) is 13.4. The lowest BCUT2D eigenvalue weighted by Gasteiger charge is -2.09. The number of pyridine rings is 1. The number of aromatic nitrogens is 1. The van der Waals surface area contributed by atoms with Crippen molar-refractivity contribution in [2.45, 2.75) is 12.2 Å². The van der Waals surface area contributed by atoms with Crippen LogP contribution in [0.15, 0.2) is 48.8 Å². The number of ether oxygens (including phenoxy) is 2. The van der Waals surface area contributed by atoms with Gasteiger partial charge in [0.1, 0.15) is 19.0 Å². The minimum absolute atomic E-state index is 0.0176. The number of hydrogen-bond acceptors (Lipinski definition) is 5. The van der Waals surface area contributed by atoms with E-state index in [-0.39, 0.29) is 17.6 Å². The minimum atomic E-state index is -0.0176. The third-order valence-electron chi connectivity index (χ3n) is 3.40. The Morgan fingerprint density at radius 2 is 1.96 bits per heavy atom. The highest BCUT2D eigenvalue weighted by molar-refractivity contribution is 7.99. The minimum Gasteiger partial charge on any atom is -0.491 e. The first-order chi connectivity index (χ1) is 11.2. The van der Waals surface area contributed by atoms with Gasteiger partial charge in [-0.3, -0.25) is 9.78 Å². The van der Waals surface area contributed by atoms with Crippen molar-refractivity contribution in [1.29, 1.82) is 0 Å². The van der Waals surface area contributed by atoms with Crippen LogP contribution in [0.3, 0.4) is 0 Å². The summed E-state index contributed by atoms with van der Waals surface area (Å²) in [5.74, 6) is 0.892. The van der Waals surface area contributed by atoms with E-state index >= 15 is 0 Å². The molecule has 0 aliphatic carbocycles. The first-order valence-corrected chi connectivity index (χ1v) is 8.76. The maximum absolute atomic E-state index is 11.6. The molecule has 4 nitrogen and oxygen atoms in total. The Morgan fingerprint density at radius 1 is 1.17 bits per heavy atom. The van der Waals surface area contributed by atoms with E-state index in [4.69, 9.17) is 9.47 Å². The van der Waals surface area contributed by atoms with E-state index in [0.717, 1.165) is 16.9 Å². The molecule has 0 aliphatic rings. The average Bonchev–Trinajstić information content (AvgIpc) is 2.61. The van der Waals surface area contributed by atoms with Crippen LogP contribution in [0.5, 0.6) is 5.75 Å². The summed E-state index contributed by atoms with van der Waals surface area (Å²) >= 11 is 1.53. The maximum Gasteiger partial charge on any atom is 0.171 e. The topological polar surface area (TPSA) is 48.4 Å². The Bertz CT molecular complexity index is 601. The molecule has 1 unspecified atom stereocenters. The second-order valence-corrected chi connectivity index (χ2v) is 6.19. The van der Waals surface area contributed by atoms with Gasteiger partial charge >= 0.3 is 0 Å². The van der Waals surface area contributed by atoms with Gasteiger partial charge in [-0.15, -0.1) is 0 Å². The number of ketones is 1. The molecule has 2 rings (SSSR count). The van der Waals surface area contributed by atoms with Crippen molar-refractivity contribution in [2.75, 3.05) is 26.1 Å². The smallest absolute Gasteiger partial charge is 0.171 e. The number of carbonyl (C=O) groups is 1. The molecule has 0 radical (unpaired) electrons. The summed E-state index contributed by atoms with van der Waals surface area (Å²) in [5.41, 5.74) is 2.17. The number of Topliss-reactive ketones (excluding diaryl/α,β-unsaturated/α-hetero) is 1. The van der Waals surface area contributed by atoms with Crippen LogP contribution in [0, 0.1) is 0 Å². The average molecular weight is 331 g/mol. The molecular weight excluding hydrogens is 310 g/mol. The zero-order chi connectivity index (χ0) is 16.5. The Labute approximate surface area is 141 Å². The van der Waals surface area contributed by atoms with Crippen LogP contribution < -0.4 is 4.74 Å². The Hall–Kier alpha value is -1.85. The molecule has 0 bridgehead atoms.